The summed E-state index contributed by atoms with van der Waals surface area (Å²) in [5.74, 6) is 0.313. The normalized spacial score (nSPS) is 13.9. The van der Waals surface area contributed by atoms with Gasteiger partial charge in [0.05, 0.1) is 5.75 Å². The molecule has 1 aliphatic heterocycles. The van der Waals surface area contributed by atoms with Crippen LogP contribution in [0.3, 0.4) is 0 Å². The van der Waals surface area contributed by atoms with Gasteiger partial charge in [0, 0.05) is 5.56 Å². The zero-order valence-electron chi connectivity index (χ0n) is 12.6. The number of thiocarbonyl (C=S) groups is 1. The Bertz CT molecular complexity index is 747. The summed E-state index contributed by atoms with van der Waals surface area (Å²) in [5.41, 5.74) is 4.01. The van der Waals surface area contributed by atoms with Gasteiger partial charge in [0.15, 0.2) is 4.32 Å². The van der Waals surface area contributed by atoms with Crippen molar-refractivity contribution in [3.05, 3.63) is 65.7 Å². The summed E-state index contributed by atoms with van der Waals surface area (Å²) >= 11 is 6.25. The zero-order valence-corrected chi connectivity index (χ0v) is 14.2. The van der Waals surface area contributed by atoms with Gasteiger partial charge >= 0.3 is 0 Å². The topological polar surface area (TPSA) is 58.6 Å². The van der Waals surface area contributed by atoms with Crippen LogP contribution in [-0.4, -0.2) is 26.9 Å². The molecule has 0 saturated carbocycles. The van der Waals surface area contributed by atoms with Crippen molar-refractivity contribution >= 4 is 40.1 Å². The number of hydrogen-bond donors (Lipinski definition) is 1. The van der Waals surface area contributed by atoms with E-state index in [9.17, 15) is 9.59 Å². The summed E-state index contributed by atoms with van der Waals surface area (Å²) in [6.07, 6.45) is 0. The summed E-state index contributed by atoms with van der Waals surface area (Å²) in [6, 6.07) is 16.5. The monoisotopic (exact) mass is 358 g/mol. The summed E-state index contributed by atoms with van der Waals surface area (Å²) in [6.45, 7) is 0.458. The van der Waals surface area contributed by atoms with Crippen LogP contribution in [0.5, 0.6) is 5.75 Å². The minimum Gasteiger partial charge on any atom is -0.489 e. The second kappa shape index (κ2) is 7.46. The Hall–Kier alpha value is -2.38. The van der Waals surface area contributed by atoms with E-state index in [-0.39, 0.29) is 17.6 Å². The lowest BCUT2D eigenvalue weighted by Crippen LogP contribution is -2.45. The lowest BCUT2D eigenvalue weighted by Gasteiger charge is -2.16. The van der Waals surface area contributed by atoms with Crippen molar-refractivity contribution < 1.29 is 14.3 Å². The Kier molecular flexibility index (Phi) is 5.12. The number of amides is 2. The third-order valence-electron chi connectivity index (χ3n) is 3.33. The van der Waals surface area contributed by atoms with Gasteiger partial charge in [0.1, 0.15) is 12.4 Å². The number of ether oxygens (including phenoxy) is 1. The predicted octanol–water partition coefficient (Wildman–Crippen LogP) is 2.77. The van der Waals surface area contributed by atoms with Crippen LogP contribution in [-0.2, 0) is 11.4 Å². The molecule has 2 amide bonds. The molecule has 1 aliphatic rings. The van der Waals surface area contributed by atoms with Gasteiger partial charge in [-0.3, -0.25) is 15.0 Å². The molecule has 2 aromatic rings. The highest BCUT2D eigenvalue weighted by molar-refractivity contribution is 8.23. The van der Waals surface area contributed by atoms with Crippen LogP contribution >= 0.6 is 24.0 Å². The maximum absolute atomic E-state index is 12.2. The third kappa shape index (κ3) is 3.93. The largest absolute Gasteiger partial charge is 0.489 e. The van der Waals surface area contributed by atoms with Crippen LogP contribution in [0, 0.1) is 0 Å². The van der Waals surface area contributed by atoms with Gasteiger partial charge in [-0.15, -0.1) is 0 Å². The average Bonchev–Trinajstić information content (AvgIpc) is 2.93. The number of carbonyl (C=O) groups excluding carboxylic acids is 2. The summed E-state index contributed by atoms with van der Waals surface area (Å²) in [5, 5.41) is 1.11. The van der Waals surface area contributed by atoms with E-state index in [0.717, 1.165) is 10.6 Å². The SMILES string of the molecule is O=C(NN1C(=O)CSC1=S)c1ccc(OCc2ccccc2)cc1. The number of carbonyl (C=O) groups is 2. The predicted molar refractivity (Wildman–Crippen MR) is 96.6 cm³/mol. The fourth-order valence-electron chi connectivity index (χ4n) is 2.07. The average molecular weight is 358 g/mol. The van der Waals surface area contributed by atoms with E-state index in [2.05, 4.69) is 5.43 Å². The van der Waals surface area contributed by atoms with Crippen LogP contribution in [0.1, 0.15) is 15.9 Å². The van der Waals surface area contributed by atoms with Crippen LogP contribution in [0.4, 0.5) is 0 Å². The molecule has 0 spiro atoms. The number of hydrogen-bond acceptors (Lipinski definition) is 5. The first-order valence-corrected chi connectivity index (χ1v) is 8.60. The van der Waals surface area contributed by atoms with Crippen LogP contribution < -0.4 is 10.2 Å². The minimum absolute atomic E-state index is 0.221. The molecule has 0 unspecified atom stereocenters. The van der Waals surface area contributed by atoms with Crippen molar-refractivity contribution in [1.82, 2.24) is 10.4 Å². The molecule has 0 atom stereocenters. The number of rotatable bonds is 5. The highest BCUT2D eigenvalue weighted by Gasteiger charge is 2.28. The number of hydrazine groups is 1. The summed E-state index contributed by atoms with van der Waals surface area (Å²) < 4.78 is 6.03. The second-order valence-electron chi connectivity index (χ2n) is 5.02. The van der Waals surface area contributed by atoms with Crippen LogP contribution in [0.2, 0.25) is 0 Å². The molecule has 3 rings (SSSR count). The zero-order chi connectivity index (χ0) is 16.9. The Morgan fingerprint density at radius 1 is 1.17 bits per heavy atom. The first kappa shape index (κ1) is 16.5. The van der Waals surface area contributed by atoms with E-state index in [1.165, 1.54) is 11.8 Å². The molecule has 5 nitrogen and oxygen atoms in total. The molecule has 0 aliphatic carbocycles. The number of nitrogens with zero attached hydrogens (tertiary/aromatic N) is 1. The molecule has 1 N–H and O–H groups in total. The van der Waals surface area contributed by atoms with Gasteiger partial charge < -0.3 is 4.74 Å². The van der Waals surface area contributed by atoms with E-state index in [0.29, 0.717) is 22.2 Å². The highest BCUT2D eigenvalue weighted by Crippen LogP contribution is 2.18. The lowest BCUT2D eigenvalue weighted by molar-refractivity contribution is -0.125. The maximum Gasteiger partial charge on any atom is 0.270 e. The molecule has 1 heterocycles. The van der Waals surface area contributed by atoms with Gasteiger partial charge in [-0.2, -0.15) is 0 Å². The quantitative estimate of drug-likeness (QED) is 0.833. The van der Waals surface area contributed by atoms with E-state index in [4.69, 9.17) is 17.0 Å². The molecule has 24 heavy (non-hydrogen) atoms. The Morgan fingerprint density at radius 3 is 2.50 bits per heavy atom. The van der Waals surface area contributed by atoms with Gasteiger partial charge in [0.25, 0.3) is 11.8 Å². The highest BCUT2D eigenvalue weighted by atomic mass is 32.2. The first-order valence-electron chi connectivity index (χ1n) is 7.21. The molecule has 7 heteroatoms. The molecular formula is C17H14N2O3S2. The molecule has 1 saturated heterocycles. The number of benzene rings is 2. The molecule has 0 aromatic heterocycles. The summed E-state index contributed by atoms with van der Waals surface area (Å²) in [7, 11) is 0. The molecule has 122 valence electrons. The van der Waals surface area contributed by atoms with Gasteiger partial charge in [0.2, 0.25) is 0 Å². The molecule has 0 bridgehead atoms. The van der Waals surface area contributed by atoms with Crippen LogP contribution in [0.25, 0.3) is 0 Å². The maximum atomic E-state index is 12.2. The van der Waals surface area contributed by atoms with E-state index >= 15 is 0 Å². The van der Waals surface area contributed by atoms with Gasteiger partial charge in [-0.25, -0.2) is 5.01 Å². The van der Waals surface area contributed by atoms with Crippen molar-refractivity contribution in [1.29, 1.82) is 0 Å². The smallest absolute Gasteiger partial charge is 0.270 e. The number of thioether (sulfide) groups is 1. The van der Waals surface area contributed by atoms with Crippen molar-refractivity contribution in [2.24, 2.45) is 0 Å². The van der Waals surface area contributed by atoms with E-state index < -0.39 is 0 Å². The fraction of sp³-hybridized carbons (Fsp3) is 0.118. The molecule has 0 radical (unpaired) electrons. The Labute approximate surface area is 149 Å². The van der Waals surface area contributed by atoms with E-state index in [1.807, 2.05) is 30.3 Å². The van der Waals surface area contributed by atoms with Crippen molar-refractivity contribution in [2.75, 3.05) is 5.75 Å². The Balaban J connectivity index is 1.58. The summed E-state index contributed by atoms with van der Waals surface area (Å²) in [4.78, 5) is 23.8. The standard InChI is InChI=1S/C17H14N2O3S2/c20-15-11-24-17(23)19(15)18-16(21)13-6-8-14(9-7-13)22-10-12-4-2-1-3-5-12/h1-9H,10-11H2,(H,18,21). The van der Waals surface area contributed by atoms with Gasteiger partial charge in [-0.05, 0) is 29.8 Å². The number of nitrogens with one attached hydrogen (secondary N) is 1. The molecule has 2 aromatic carbocycles. The van der Waals surface area contributed by atoms with Crippen molar-refractivity contribution in [2.45, 2.75) is 6.61 Å². The Morgan fingerprint density at radius 2 is 1.88 bits per heavy atom. The first-order chi connectivity index (χ1) is 11.6. The van der Waals surface area contributed by atoms with Crippen molar-refractivity contribution in [3.8, 4) is 5.75 Å². The van der Waals surface area contributed by atoms with E-state index in [1.54, 1.807) is 24.3 Å². The van der Waals surface area contributed by atoms with Gasteiger partial charge in [-0.1, -0.05) is 54.3 Å². The van der Waals surface area contributed by atoms with Crippen LogP contribution in [0.15, 0.2) is 54.6 Å². The second-order valence-corrected chi connectivity index (χ2v) is 6.63. The molecule has 1 fully saturated rings. The molecular weight excluding hydrogens is 344 g/mol. The third-order valence-corrected chi connectivity index (χ3v) is 4.69. The fourth-order valence-corrected chi connectivity index (χ4v) is 3.05. The minimum atomic E-state index is -0.386. The lowest BCUT2D eigenvalue weighted by atomic mass is 10.2. The van der Waals surface area contributed by atoms with Crippen molar-refractivity contribution in [3.63, 3.8) is 0 Å².